The molecule has 1 N–H and O–H groups in total. The summed E-state index contributed by atoms with van der Waals surface area (Å²) in [6.07, 6.45) is 9.35. The number of nitrogens with zero attached hydrogens (tertiary/aromatic N) is 1. The molecule has 21 heavy (non-hydrogen) atoms. The Kier molecular flexibility index (Phi) is 5.68. The van der Waals surface area contributed by atoms with Crippen LogP contribution in [0.25, 0.3) is 6.08 Å². The number of carboxylic acids is 1. The van der Waals surface area contributed by atoms with Gasteiger partial charge >= 0.3 is 5.97 Å². The van der Waals surface area contributed by atoms with E-state index in [9.17, 15) is 4.79 Å². The van der Waals surface area contributed by atoms with Crippen molar-refractivity contribution in [3.05, 3.63) is 34.9 Å². The third kappa shape index (κ3) is 4.78. The molecule has 114 valence electrons. The third-order valence-corrected chi connectivity index (χ3v) is 4.30. The average Bonchev–Trinajstić information content (AvgIpc) is 2.46. The van der Waals surface area contributed by atoms with Crippen molar-refractivity contribution in [1.82, 2.24) is 0 Å². The second-order valence-electron chi connectivity index (χ2n) is 5.76. The molecule has 0 aliphatic heterocycles. The van der Waals surface area contributed by atoms with Gasteiger partial charge in [-0.2, -0.15) is 0 Å². The Bertz CT molecular complexity index is 522. The van der Waals surface area contributed by atoms with Crippen LogP contribution in [-0.2, 0) is 4.79 Å². The number of carbonyl (C=O) groups is 1. The monoisotopic (exact) mass is 307 g/mol. The molecule has 3 nitrogen and oxygen atoms in total. The first-order valence-electron chi connectivity index (χ1n) is 7.48. The Morgan fingerprint density at radius 1 is 1.38 bits per heavy atom. The SMILES string of the molecule is CN(CC1CCCCC1)c1cc(Cl)ccc1/C=C/C(=O)O. The highest BCUT2D eigenvalue weighted by atomic mass is 35.5. The lowest BCUT2D eigenvalue weighted by atomic mass is 9.89. The number of rotatable bonds is 5. The lowest BCUT2D eigenvalue weighted by Gasteiger charge is -2.29. The van der Waals surface area contributed by atoms with E-state index < -0.39 is 5.97 Å². The highest BCUT2D eigenvalue weighted by molar-refractivity contribution is 6.31. The summed E-state index contributed by atoms with van der Waals surface area (Å²) in [6, 6.07) is 5.57. The molecule has 0 heterocycles. The van der Waals surface area contributed by atoms with Crippen LogP contribution in [0.15, 0.2) is 24.3 Å². The molecule has 0 unspecified atom stereocenters. The Morgan fingerprint density at radius 2 is 2.10 bits per heavy atom. The fourth-order valence-electron chi connectivity index (χ4n) is 3.00. The molecule has 1 aliphatic rings. The number of anilines is 1. The number of carboxylic acid groups (broad SMARTS) is 1. The molecule has 0 radical (unpaired) electrons. The summed E-state index contributed by atoms with van der Waals surface area (Å²) in [7, 11) is 2.05. The van der Waals surface area contributed by atoms with Gasteiger partial charge < -0.3 is 10.0 Å². The van der Waals surface area contributed by atoms with Crippen LogP contribution in [0.1, 0.15) is 37.7 Å². The van der Waals surface area contributed by atoms with Crippen molar-refractivity contribution in [3.8, 4) is 0 Å². The van der Waals surface area contributed by atoms with Gasteiger partial charge in [0.2, 0.25) is 0 Å². The van der Waals surface area contributed by atoms with Gasteiger partial charge in [-0.15, -0.1) is 0 Å². The maximum atomic E-state index is 10.7. The highest BCUT2D eigenvalue weighted by Crippen LogP contribution is 2.29. The van der Waals surface area contributed by atoms with Crippen LogP contribution in [0.4, 0.5) is 5.69 Å². The number of hydrogen-bond acceptors (Lipinski definition) is 2. The van der Waals surface area contributed by atoms with Gasteiger partial charge in [-0.3, -0.25) is 0 Å². The number of halogens is 1. The molecule has 0 saturated heterocycles. The maximum absolute atomic E-state index is 10.7. The standard InChI is InChI=1S/C17H22ClNO2/c1-19(12-13-5-3-2-4-6-13)16-11-15(18)9-7-14(16)8-10-17(20)21/h7-11,13H,2-6,12H2,1H3,(H,20,21)/b10-8+. The van der Waals surface area contributed by atoms with Gasteiger partial charge in [0.05, 0.1) is 0 Å². The van der Waals surface area contributed by atoms with Crippen LogP contribution in [0.5, 0.6) is 0 Å². The van der Waals surface area contributed by atoms with Crippen molar-refractivity contribution in [3.63, 3.8) is 0 Å². The molecule has 0 amide bonds. The minimum Gasteiger partial charge on any atom is -0.478 e. The molecule has 1 aromatic rings. The maximum Gasteiger partial charge on any atom is 0.328 e. The lowest BCUT2D eigenvalue weighted by Crippen LogP contribution is -2.27. The van der Waals surface area contributed by atoms with Gasteiger partial charge in [0, 0.05) is 30.4 Å². The van der Waals surface area contributed by atoms with E-state index in [2.05, 4.69) is 11.9 Å². The smallest absolute Gasteiger partial charge is 0.328 e. The minimum absolute atomic E-state index is 0.674. The average molecular weight is 308 g/mol. The van der Waals surface area contributed by atoms with Crippen LogP contribution >= 0.6 is 11.6 Å². The van der Waals surface area contributed by atoms with E-state index >= 15 is 0 Å². The van der Waals surface area contributed by atoms with Crippen molar-refractivity contribution >= 4 is 29.3 Å². The predicted octanol–water partition coefficient (Wildman–Crippen LogP) is 4.45. The van der Waals surface area contributed by atoms with Gasteiger partial charge in [0.25, 0.3) is 0 Å². The van der Waals surface area contributed by atoms with E-state index in [4.69, 9.17) is 16.7 Å². The second-order valence-corrected chi connectivity index (χ2v) is 6.20. The fraction of sp³-hybridized carbons (Fsp3) is 0.471. The number of benzene rings is 1. The predicted molar refractivity (Wildman–Crippen MR) is 88.0 cm³/mol. The van der Waals surface area contributed by atoms with Gasteiger partial charge in [-0.25, -0.2) is 4.79 Å². The summed E-state index contributed by atoms with van der Waals surface area (Å²) >= 11 is 6.10. The zero-order chi connectivity index (χ0) is 15.2. The molecule has 0 bridgehead atoms. The van der Waals surface area contributed by atoms with Crippen LogP contribution in [0.3, 0.4) is 0 Å². The topological polar surface area (TPSA) is 40.5 Å². The van der Waals surface area contributed by atoms with Crippen LogP contribution in [-0.4, -0.2) is 24.7 Å². The number of aliphatic carboxylic acids is 1. The molecule has 0 aromatic heterocycles. The van der Waals surface area contributed by atoms with E-state index in [1.807, 2.05) is 12.1 Å². The highest BCUT2D eigenvalue weighted by Gasteiger charge is 2.17. The van der Waals surface area contributed by atoms with Crippen LogP contribution in [0, 0.1) is 5.92 Å². The molecule has 0 atom stereocenters. The molecule has 0 spiro atoms. The zero-order valence-corrected chi connectivity index (χ0v) is 13.1. The Balaban J connectivity index is 2.15. The molecular formula is C17H22ClNO2. The van der Waals surface area contributed by atoms with E-state index in [-0.39, 0.29) is 0 Å². The van der Waals surface area contributed by atoms with Crippen molar-refractivity contribution < 1.29 is 9.90 Å². The van der Waals surface area contributed by atoms with Crippen molar-refractivity contribution in [1.29, 1.82) is 0 Å². The Morgan fingerprint density at radius 3 is 2.76 bits per heavy atom. The van der Waals surface area contributed by atoms with Crippen molar-refractivity contribution in [2.24, 2.45) is 5.92 Å². The third-order valence-electron chi connectivity index (χ3n) is 4.07. The first-order valence-corrected chi connectivity index (χ1v) is 7.86. The zero-order valence-electron chi connectivity index (χ0n) is 12.4. The summed E-state index contributed by atoms with van der Waals surface area (Å²) in [5.41, 5.74) is 1.88. The van der Waals surface area contributed by atoms with Gasteiger partial charge in [0.15, 0.2) is 0 Å². The second kappa shape index (κ2) is 7.51. The summed E-state index contributed by atoms with van der Waals surface area (Å²) in [4.78, 5) is 12.9. The van der Waals surface area contributed by atoms with Crippen molar-refractivity contribution in [2.75, 3.05) is 18.5 Å². The van der Waals surface area contributed by atoms with Gasteiger partial charge in [-0.1, -0.05) is 36.9 Å². The largest absolute Gasteiger partial charge is 0.478 e. The van der Waals surface area contributed by atoms with Crippen molar-refractivity contribution in [2.45, 2.75) is 32.1 Å². The summed E-state index contributed by atoms with van der Waals surface area (Å²) < 4.78 is 0. The summed E-state index contributed by atoms with van der Waals surface area (Å²) in [5.74, 6) is -0.218. The van der Waals surface area contributed by atoms with E-state index in [0.717, 1.165) is 23.7 Å². The van der Waals surface area contributed by atoms with Gasteiger partial charge in [-0.05, 0) is 42.5 Å². The normalized spacial score (nSPS) is 16.3. The summed E-state index contributed by atoms with van der Waals surface area (Å²) in [5, 5.41) is 9.47. The van der Waals surface area contributed by atoms with Crippen LogP contribution in [0.2, 0.25) is 5.02 Å². The lowest BCUT2D eigenvalue weighted by molar-refractivity contribution is -0.131. The fourth-order valence-corrected chi connectivity index (χ4v) is 3.17. The molecule has 1 saturated carbocycles. The Hall–Kier alpha value is -1.48. The molecular weight excluding hydrogens is 286 g/mol. The van der Waals surface area contributed by atoms with E-state index in [1.165, 1.54) is 38.2 Å². The quantitative estimate of drug-likeness (QED) is 0.817. The van der Waals surface area contributed by atoms with Gasteiger partial charge in [0.1, 0.15) is 0 Å². The number of hydrogen-bond donors (Lipinski definition) is 1. The first-order chi connectivity index (χ1) is 10.1. The first kappa shape index (κ1) is 15.9. The molecule has 4 heteroatoms. The van der Waals surface area contributed by atoms with Crippen LogP contribution < -0.4 is 4.90 Å². The molecule has 1 aromatic carbocycles. The molecule has 1 fully saturated rings. The molecule has 2 rings (SSSR count). The summed E-state index contributed by atoms with van der Waals surface area (Å²) in [6.45, 7) is 0.994. The van der Waals surface area contributed by atoms with E-state index in [0.29, 0.717) is 5.02 Å². The minimum atomic E-state index is -0.939. The van der Waals surface area contributed by atoms with E-state index in [1.54, 1.807) is 12.1 Å². The Labute approximate surface area is 131 Å². The molecule has 1 aliphatic carbocycles.